The van der Waals surface area contributed by atoms with E-state index in [1.165, 1.54) is 0 Å². The fourth-order valence-electron chi connectivity index (χ4n) is 2.78. The zero-order chi connectivity index (χ0) is 20.1. The van der Waals surface area contributed by atoms with E-state index in [0.717, 1.165) is 21.3 Å². The molecule has 0 aliphatic rings. The predicted octanol–water partition coefficient (Wildman–Crippen LogP) is 5.58. The zero-order valence-electron chi connectivity index (χ0n) is 15.5. The van der Waals surface area contributed by atoms with Gasteiger partial charge < -0.3 is 14.5 Å². The smallest absolute Gasteiger partial charge is 0.220 e. The van der Waals surface area contributed by atoms with E-state index in [0.29, 0.717) is 23.1 Å². The van der Waals surface area contributed by atoms with Gasteiger partial charge >= 0.3 is 0 Å². The number of rotatable bonds is 7. The summed E-state index contributed by atoms with van der Waals surface area (Å²) in [6.45, 7) is 1.94. The number of ether oxygens (including phenoxy) is 1. The Morgan fingerprint density at radius 3 is 2.82 bits per heavy atom. The van der Waals surface area contributed by atoms with Crippen molar-refractivity contribution in [2.24, 2.45) is 0 Å². The van der Waals surface area contributed by atoms with Gasteiger partial charge in [0.15, 0.2) is 11.7 Å². The molecule has 0 aliphatic heterocycles. The standard InChI is InChI=1S/C21H20BrClN2O3/c1-13(14-7-8-18(27-2)16(22)11-14)25-20(26)9-10-21-24-12-19(28-21)15-5-3-4-6-17(15)23/h3-8,11-13H,9-10H2,1-2H3,(H,25,26). The predicted molar refractivity (Wildman–Crippen MR) is 113 cm³/mol. The highest BCUT2D eigenvalue weighted by atomic mass is 79.9. The number of carbonyl (C=O) groups is 1. The molecule has 0 radical (unpaired) electrons. The number of amides is 1. The molecule has 0 saturated heterocycles. The van der Waals surface area contributed by atoms with Crippen molar-refractivity contribution in [3.05, 3.63) is 69.6 Å². The van der Waals surface area contributed by atoms with Crippen molar-refractivity contribution in [3.8, 4) is 17.1 Å². The van der Waals surface area contributed by atoms with E-state index in [1.807, 2.05) is 43.3 Å². The summed E-state index contributed by atoms with van der Waals surface area (Å²) in [6.07, 6.45) is 2.32. The Hall–Kier alpha value is -2.31. The Balaban J connectivity index is 1.56. The van der Waals surface area contributed by atoms with Gasteiger partial charge in [0, 0.05) is 18.4 Å². The lowest BCUT2D eigenvalue weighted by atomic mass is 10.1. The number of carbonyl (C=O) groups excluding carboxylic acids is 1. The second-order valence-corrected chi connectivity index (χ2v) is 7.54. The van der Waals surface area contributed by atoms with Crippen molar-refractivity contribution in [2.75, 3.05) is 7.11 Å². The number of oxazole rings is 1. The molecule has 3 aromatic rings. The molecule has 1 heterocycles. The van der Waals surface area contributed by atoms with Crippen LogP contribution in [-0.4, -0.2) is 18.0 Å². The Labute approximate surface area is 177 Å². The molecule has 146 valence electrons. The maximum Gasteiger partial charge on any atom is 0.220 e. The summed E-state index contributed by atoms with van der Waals surface area (Å²) < 4.78 is 11.8. The van der Waals surface area contributed by atoms with E-state index >= 15 is 0 Å². The summed E-state index contributed by atoms with van der Waals surface area (Å²) in [4.78, 5) is 16.5. The first-order valence-electron chi connectivity index (χ1n) is 8.80. The van der Waals surface area contributed by atoms with Crippen LogP contribution in [0.3, 0.4) is 0 Å². The van der Waals surface area contributed by atoms with Crippen LogP contribution in [0.5, 0.6) is 5.75 Å². The van der Waals surface area contributed by atoms with Gasteiger partial charge in [-0.25, -0.2) is 4.98 Å². The van der Waals surface area contributed by atoms with Gasteiger partial charge in [0.25, 0.3) is 0 Å². The van der Waals surface area contributed by atoms with Gasteiger partial charge in [-0.1, -0.05) is 29.8 Å². The molecule has 0 aliphatic carbocycles. The molecule has 0 spiro atoms. The molecule has 1 N–H and O–H groups in total. The van der Waals surface area contributed by atoms with Crippen LogP contribution in [0.15, 0.2) is 57.6 Å². The van der Waals surface area contributed by atoms with Crippen molar-refractivity contribution in [2.45, 2.75) is 25.8 Å². The number of methoxy groups -OCH3 is 1. The third-order valence-corrected chi connectivity index (χ3v) is 5.26. The minimum Gasteiger partial charge on any atom is -0.496 e. The molecule has 1 atom stereocenters. The highest BCUT2D eigenvalue weighted by Crippen LogP contribution is 2.29. The number of nitrogens with zero attached hydrogens (tertiary/aromatic N) is 1. The van der Waals surface area contributed by atoms with Gasteiger partial charge in [-0.2, -0.15) is 0 Å². The average Bonchev–Trinajstić information content (AvgIpc) is 3.15. The fraction of sp³-hybridized carbons (Fsp3) is 0.238. The van der Waals surface area contributed by atoms with E-state index in [4.69, 9.17) is 20.8 Å². The molecule has 28 heavy (non-hydrogen) atoms. The highest BCUT2D eigenvalue weighted by molar-refractivity contribution is 9.10. The van der Waals surface area contributed by atoms with Crippen molar-refractivity contribution in [1.29, 1.82) is 0 Å². The van der Waals surface area contributed by atoms with Gasteiger partial charge in [0.2, 0.25) is 5.91 Å². The number of halogens is 2. The fourth-order valence-corrected chi connectivity index (χ4v) is 3.57. The van der Waals surface area contributed by atoms with E-state index in [9.17, 15) is 4.79 Å². The molecule has 0 fully saturated rings. The maximum absolute atomic E-state index is 12.3. The number of benzene rings is 2. The van der Waals surface area contributed by atoms with Crippen LogP contribution < -0.4 is 10.1 Å². The Morgan fingerprint density at radius 1 is 1.32 bits per heavy atom. The van der Waals surface area contributed by atoms with Crippen LogP contribution in [0.4, 0.5) is 0 Å². The second kappa shape index (κ2) is 9.26. The summed E-state index contributed by atoms with van der Waals surface area (Å²) >= 11 is 9.64. The van der Waals surface area contributed by atoms with Crippen molar-refractivity contribution >= 4 is 33.4 Å². The van der Waals surface area contributed by atoms with Crippen molar-refractivity contribution in [1.82, 2.24) is 10.3 Å². The lowest BCUT2D eigenvalue weighted by Crippen LogP contribution is -2.26. The van der Waals surface area contributed by atoms with Gasteiger partial charge in [0.1, 0.15) is 5.75 Å². The number of aryl methyl sites for hydroxylation is 1. The average molecular weight is 464 g/mol. The van der Waals surface area contributed by atoms with Crippen LogP contribution in [-0.2, 0) is 11.2 Å². The van der Waals surface area contributed by atoms with E-state index in [-0.39, 0.29) is 18.4 Å². The molecule has 1 aromatic heterocycles. The lowest BCUT2D eigenvalue weighted by molar-refractivity contribution is -0.121. The topological polar surface area (TPSA) is 64.4 Å². The summed E-state index contributed by atoms with van der Waals surface area (Å²) in [6, 6.07) is 13.0. The quantitative estimate of drug-likeness (QED) is 0.497. The van der Waals surface area contributed by atoms with Crippen molar-refractivity contribution < 1.29 is 13.9 Å². The van der Waals surface area contributed by atoms with Gasteiger partial charge in [-0.15, -0.1) is 0 Å². The molecule has 0 bridgehead atoms. The first-order chi connectivity index (χ1) is 13.5. The van der Waals surface area contributed by atoms with Crippen molar-refractivity contribution in [3.63, 3.8) is 0 Å². The Kier molecular flexibility index (Phi) is 6.75. The maximum atomic E-state index is 12.3. The third-order valence-electron chi connectivity index (χ3n) is 4.31. The molecule has 2 aromatic carbocycles. The largest absolute Gasteiger partial charge is 0.496 e. The molecule has 7 heteroatoms. The Bertz CT molecular complexity index is 974. The highest BCUT2D eigenvalue weighted by Gasteiger charge is 2.14. The third kappa shape index (κ3) is 4.94. The van der Waals surface area contributed by atoms with E-state index < -0.39 is 0 Å². The number of hydrogen-bond acceptors (Lipinski definition) is 4. The lowest BCUT2D eigenvalue weighted by Gasteiger charge is -2.15. The van der Waals surface area contributed by atoms with Crippen LogP contribution in [0.1, 0.15) is 30.8 Å². The molecular formula is C21H20BrClN2O3. The summed E-state index contributed by atoms with van der Waals surface area (Å²) in [5.41, 5.74) is 1.77. The Morgan fingerprint density at radius 2 is 2.11 bits per heavy atom. The number of aromatic nitrogens is 1. The van der Waals surface area contributed by atoms with E-state index in [1.54, 1.807) is 19.4 Å². The summed E-state index contributed by atoms with van der Waals surface area (Å²) in [5.74, 6) is 1.78. The molecule has 1 unspecified atom stereocenters. The minimum atomic E-state index is -0.127. The zero-order valence-corrected chi connectivity index (χ0v) is 17.9. The monoisotopic (exact) mass is 462 g/mol. The first kappa shape index (κ1) is 20.4. The normalized spacial score (nSPS) is 11.9. The number of hydrogen-bond donors (Lipinski definition) is 1. The molecular weight excluding hydrogens is 444 g/mol. The summed E-state index contributed by atoms with van der Waals surface area (Å²) in [5, 5.41) is 3.59. The summed E-state index contributed by atoms with van der Waals surface area (Å²) in [7, 11) is 1.62. The van der Waals surface area contributed by atoms with Crippen LogP contribution >= 0.6 is 27.5 Å². The SMILES string of the molecule is COc1ccc(C(C)NC(=O)CCc2ncc(-c3ccccc3Cl)o2)cc1Br. The second-order valence-electron chi connectivity index (χ2n) is 6.28. The van der Waals surface area contributed by atoms with Gasteiger partial charge in [0.05, 0.1) is 28.8 Å². The molecule has 3 rings (SSSR count). The minimum absolute atomic E-state index is 0.0723. The first-order valence-corrected chi connectivity index (χ1v) is 9.97. The van der Waals surface area contributed by atoms with Crippen LogP contribution in [0.25, 0.3) is 11.3 Å². The van der Waals surface area contributed by atoms with Gasteiger partial charge in [-0.05, 0) is 52.7 Å². The number of nitrogens with one attached hydrogen (secondary N) is 1. The van der Waals surface area contributed by atoms with Crippen LogP contribution in [0, 0.1) is 0 Å². The van der Waals surface area contributed by atoms with E-state index in [2.05, 4.69) is 26.2 Å². The molecule has 0 saturated carbocycles. The van der Waals surface area contributed by atoms with Gasteiger partial charge in [-0.3, -0.25) is 4.79 Å². The molecule has 1 amide bonds. The molecule has 5 nitrogen and oxygen atoms in total. The van der Waals surface area contributed by atoms with Crippen LogP contribution in [0.2, 0.25) is 5.02 Å².